The number of carbonyl (C=O) groups excluding carboxylic acids is 1. The molecule has 31 heavy (non-hydrogen) atoms. The van der Waals surface area contributed by atoms with Crippen molar-refractivity contribution in [2.24, 2.45) is 0 Å². The zero-order valence-corrected chi connectivity index (χ0v) is 17.6. The van der Waals surface area contributed by atoms with Crippen molar-refractivity contribution >= 4 is 17.4 Å². The summed E-state index contributed by atoms with van der Waals surface area (Å²) < 4.78 is 15.1. The van der Waals surface area contributed by atoms with E-state index in [9.17, 15) is 9.18 Å². The Morgan fingerprint density at radius 3 is 2.65 bits per heavy atom. The molecule has 1 amide bonds. The van der Waals surface area contributed by atoms with Crippen LogP contribution >= 0.6 is 0 Å². The lowest BCUT2D eigenvalue weighted by Gasteiger charge is -2.43. The number of hydrogen-bond acceptors (Lipinski definition) is 6. The first-order valence-corrected chi connectivity index (χ1v) is 10.7. The summed E-state index contributed by atoms with van der Waals surface area (Å²) in [4.78, 5) is 34.9. The second kappa shape index (κ2) is 7.72. The van der Waals surface area contributed by atoms with Crippen LogP contribution in [-0.2, 0) is 4.79 Å². The minimum absolute atomic E-state index is 0.0806. The molecule has 4 heterocycles. The number of hydrogen-bond donors (Lipinski definition) is 0. The standard InChI is InChI=1S/C22H24FN7O/c1-3-17-21(31)28(2)18-13-26-22(27-20(18)30(17)15-6-4-5-7-15)29-11-10-24-19(29)16-9-8-14(23)12-25-16/h8-13,15,17H,3-7H2,1-2H3. The number of likely N-dealkylation sites (N-methyl/N-ethyl adjacent to an activating group) is 1. The maximum Gasteiger partial charge on any atom is 0.249 e. The van der Waals surface area contributed by atoms with Gasteiger partial charge >= 0.3 is 0 Å². The smallest absolute Gasteiger partial charge is 0.249 e. The van der Waals surface area contributed by atoms with Gasteiger partial charge in [0.15, 0.2) is 11.6 Å². The summed E-state index contributed by atoms with van der Waals surface area (Å²) in [6.07, 6.45) is 11.4. The van der Waals surface area contributed by atoms with Crippen LogP contribution in [0.15, 0.2) is 36.9 Å². The van der Waals surface area contributed by atoms with Gasteiger partial charge in [0.05, 0.1) is 12.4 Å². The highest BCUT2D eigenvalue weighted by Gasteiger charge is 2.41. The molecule has 3 aromatic rings. The number of aromatic nitrogens is 5. The number of nitrogens with zero attached hydrogens (tertiary/aromatic N) is 7. The molecule has 2 aliphatic rings. The number of imidazole rings is 1. The van der Waals surface area contributed by atoms with Crippen molar-refractivity contribution in [2.45, 2.75) is 51.1 Å². The number of fused-ring (bicyclic) bond motifs is 1. The molecule has 0 radical (unpaired) electrons. The average Bonchev–Trinajstić information content (AvgIpc) is 3.48. The first-order valence-electron chi connectivity index (χ1n) is 10.7. The maximum atomic E-state index is 13.3. The molecule has 1 unspecified atom stereocenters. The zero-order valence-electron chi connectivity index (χ0n) is 17.6. The highest BCUT2D eigenvalue weighted by atomic mass is 19.1. The van der Waals surface area contributed by atoms with Crippen LogP contribution in [0.2, 0.25) is 0 Å². The first-order chi connectivity index (χ1) is 15.1. The average molecular weight is 421 g/mol. The van der Waals surface area contributed by atoms with E-state index in [1.165, 1.54) is 6.07 Å². The summed E-state index contributed by atoms with van der Waals surface area (Å²) in [6, 6.07) is 3.00. The fourth-order valence-corrected chi connectivity index (χ4v) is 4.65. The molecular weight excluding hydrogens is 397 g/mol. The van der Waals surface area contributed by atoms with Crippen molar-refractivity contribution in [3.63, 3.8) is 0 Å². The molecule has 5 rings (SSSR count). The zero-order chi connectivity index (χ0) is 21.5. The molecule has 0 aromatic carbocycles. The van der Waals surface area contributed by atoms with E-state index in [0.29, 0.717) is 35.6 Å². The van der Waals surface area contributed by atoms with E-state index < -0.39 is 5.82 Å². The van der Waals surface area contributed by atoms with Gasteiger partial charge in [0, 0.05) is 25.5 Å². The molecule has 1 atom stereocenters. The van der Waals surface area contributed by atoms with Crippen molar-refractivity contribution in [1.29, 1.82) is 0 Å². The minimum atomic E-state index is -0.405. The molecule has 0 N–H and O–H groups in total. The van der Waals surface area contributed by atoms with Crippen LogP contribution in [0.5, 0.6) is 0 Å². The van der Waals surface area contributed by atoms with Gasteiger partial charge in [-0.15, -0.1) is 0 Å². The number of anilines is 2. The molecule has 8 nitrogen and oxygen atoms in total. The van der Waals surface area contributed by atoms with Crippen LogP contribution < -0.4 is 9.80 Å². The summed E-state index contributed by atoms with van der Waals surface area (Å²) >= 11 is 0. The summed E-state index contributed by atoms with van der Waals surface area (Å²) in [5.41, 5.74) is 1.24. The van der Waals surface area contributed by atoms with Crippen LogP contribution in [-0.4, -0.2) is 49.5 Å². The molecule has 1 aliphatic heterocycles. The van der Waals surface area contributed by atoms with E-state index in [4.69, 9.17) is 4.98 Å². The van der Waals surface area contributed by atoms with Crippen LogP contribution in [0.1, 0.15) is 39.0 Å². The molecule has 0 saturated heterocycles. The Hall–Kier alpha value is -3.36. The second-order valence-corrected chi connectivity index (χ2v) is 8.03. The normalized spacial score (nSPS) is 19.2. The third-order valence-corrected chi connectivity index (χ3v) is 6.21. The van der Waals surface area contributed by atoms with Gasteiger partial charge in [-0.2, -0.15) is 4.98 Å². The fraction of sp³-hybridized carbons (Fsp3) is 0.409. The largest absolute Gasteiger partial charge is 0.340 e. The molecule has 0 bridgehead atoms. The predicted octanol–water partition coefficient (Wildman–Crippen LogP) is 3.37. The van der Waals surface area contributed by atoms with Crippen molar-refractivity contribution in [3.05, 3.63) is 42.7 Å². The number of halogens is 1. The van der Waals surface area contributed by atoms with E-state index in [2.05, 4.69) is 19.9 Å². The van der Waals surface area contributed by atoms with Crippen LogP contribution in [0.25, 0.3) is 17.5 Å². The van der Waals surface area contributed by atoms with Gasteiger partial charge in [-0.1, -0.05) is 19.8 Å². The molecule has 1 aliphatic carbocycles. The minimum Gasteiger partial charge on any atom is -0.340 e. The summed E-state index contributed by atoms with van der Waals surface area (Å²) in [5.74, 6) is 1.42. The Balaban J connectivity index is 1.62. The van der Waals surface area contributed by atoms with Crippen molar-refractivity contribution < 1.29 is 9.18 Å². The Morgan fingerprint density at radius 1 is 1.13 bits per heavy atom. The van der Waals surface area contributed by atoms with Crippen molar-refractivity contribution in [3.8, 4) is 17.5 Å². The topological polar surface area (TPSA) is 80.0 Å². The van der Waals surface area contributed by atoms with Crippen molar-refractivity contribution in [1.82, 2.24) is 24.5 Å². The maximum absolute atomic E-state index is 13.3. The number of amides is 1. The van der Waals surface area contributed by atoms with Gasteiger partial charge in [-0.05, 0) is 31.4 Å². The SMILES string of the molecule is CCC1C(=O)N(C)c2cnc(-n3ccnc3-c3ccc(F)cn3)nc2N1C1CCCC1. The number of carbonyl (C=O) groups is 1. The molecule has 0 spiro atoms. The van der Waals surface area contributed by atoms with Gasteiger partial charge in [0.25, 0.3) is 0 Å². The monoisotopic (exact) mass is 421 g/mol. The molecule has 160 valence electrons. The fourth-order valence-electron chi connectivity index (χ4n) is 4.65. The van der Waals surface area contributed by atoms with Gasteiger partial charge in [0.1, 0.15) is 23.2 Å². The number of pyridine rings is 1. The van der Waals surface area contributed by atoms with Gasteiger partial charge in [0.2, 0.25) is 11.9 Å². The summed E-state index contributed by atoms with van der Waals surface area (Å²) in [7, 11) is 1.78. The van der Waals surface area contributed by atoms with E-state index in [1.807, 2.05) is 6.92 Å². The lowest BCUT2D eigenvalue weighted by Crippen LogP contribution is -2.55. The van der Waals surface area contributed by atoms with Crippen LogP contribution in [0.4, 0.5) is 15.9 Å². The lowest BCUT2D eigenvalue weighted by atomic mass is 10.0. The Kier molecular flexibility index (Phi) is 4.88. The second-order valence-electron chi connectivity index (χ2n) is 8.03. The van der Waals surface area contributed by atoms with Gasteiger partial charge < -0.3 is 9.80 Å². The third-order valence-electron chi connectivity index (χ3n) is 6.21. The molecule has 3 aromatic heterocycles. The summed E-state index contributed by atoms with van der Waals surface area (Å²) in [6.45, 7) is 2.04. The Morgan fingerprint density at radius 2 is 1.94 bits per heavy atom. The first kappa shape index (κ1) is 19.6. The lowest BCUT2D eigenvalue weighted by molar-refractivity contribution is -0.120. The molecule has 1 saturated carbocycles. The van der Waals surface area contributed by atoms with E-state index >= 15 is 0 Å². The predicted molar refractivity (Wildman–Crippen MR) is 115 cm³/mol. The number of rotatable bonds is 4. The van der Waals surface area contributed by atoms with Crippen molar-refractivity contribution in [2.75, 3.05) is 16.8 Å². The third kappa shape index (κ3) is 3.24. The van der Waals surface area contributed by atoms with E-state index in [0.717, 1.165) is 37.7 Å². The van der Waals surface area contributed by atoms with E-state index in [1.54, 1.807) is 41.2 Å². The van der Waals surface area contributed by atoms with Crippen LogP contribution in [0, 0.1) is 5.82 Å². The quantitative estimate of drug-likeness (QED) is 0.643. The Bertz CT molecular complexity index is 1110. The highest BCUT2D eigenvalue weighted by molar-refractivity contribution is 6.04. The summed E-state index contributed by atoms with van der Waals surface area (Å²) in [5, 5.41) is 0. The van der Waals surface area contributed by atoms with E-state index in [-0.39, 0.29) is 11.9 Å². The molecule has 1 fully saturated rings. The molecule has 9 heteroatoms. The highest BCUT2D eigenvalue weighted by Crippen LogP contribution is 2.39. The van der Waals surface area contributed by atoms with Gasteiger partial charge in [-0.25, -0.2) is 19.3 Å². The molecular formula is C22H24FN7O. The Labute approximate surface area is 179 Å². The van der Waals surface area contributed by atoms with Crippen LogP contribution in [0.3, 0.4) is 0 Å². The van der Waals surface area contributed by atoms with Gasteiger partial charge in [-0.3, -0.25) is 9.36 Å².